The number of para-hydroxylation sites is 1. The molecule has 0 spiro atoms. The summed E-state index contributed by atoms with van der Waals surface area (Å²) < 4.78 is 0. The molecule has 0 saturated carbocycles. The number of primary amides is 1. The molecule has 0 radical (unpaired) electrons. The van der Waals surface area contributed by atoms with Gasteiger partial charge in [0, 0.05) is 29.9 Å². The van der Waals surface area contributed by atoms with Crippen molar-refractivity contribution in [2.24, 2.45) is 17.2 Å². The maximum Gasteiger partial charge on any atom is 0.243 e. The Balaban J connectivity index is 1.59. The molecule has 1 aromatic heterocycles. The molecule has 13 nitrogen and oxygen atoms in total. The molecule has 1 heterocycles. The van der Waals surface area contributed by atoms with E-state index in [1.807, 2.05) is 91.2 Å². The van der Waals surface area contributed by atoms with Crippen molar-refractivity contribution < 1.29 is 24.0 Å². The van der Waals surface area contributed by atoms with Crippen LogP contribution in [0.3, 0.4) is 0 Å². The molecule has 0 unspecified atom stereocenters. The molecule has 4 aromatic rings. The number of unbranched alkanes of at least 4 members (excludes halogenated alkanes) is 1. The first-order chi connectivity index (χ1) is 26.1. The molecule has 0 bridgehead atoms. The molecule has 0 saturated heterocycles. The lowest BCUT2D eigenvalue weighted by molar-refractivity contribution is -0.134. The summed E-state index contributed by atoms with van der Waals surface area (Å²) in [7, 11) is 0. The number of aromatic nitrogens is 1. The Morgan fingerprint density at radius 2 is 1.19 bits per heavy atom. The number of rotatable bonds is 22. The number of aromatic amines is 1. The van der Waals surface area contributed by atoms with Crippen LogP contribution in [0.4, 0.5) is 0 Å². The quantitative estimate of drug-likeness (QED) is 0.0551. The summed E-state index contributed by atoms with van der Waals surface area (Å²) in [6, 6.07) is 21.0. The van der Waals surface area contributed by atoms with Crippen molar-refractivity contribution >= 4 is 52.2 Å². The molecule has 0 aliphatic rings. The van der Waals surface area contributed by atoms with Crippen molar-refractivity contribution in [2.75, 3.05) is 18.6 Å². The van der Waals surface area contributed by atoms with Gasteiger partial charge in [-0.2, -0.15) is 11.8 Å². The normalized spacial score (nSPS) is 13.9. The fourth-order valence-corrected chi connectivity index (χ4v) is 6.60. The van der Waals surface area contributed by atoms with Crippen molar-refractivity contribution in [3.63, 3.8) is 0 Å². The molecule has 5 atom stereocenters. The predicted octanol–water partition coefficient (Wildman–Crippen LogP) is 1.83. The van der Waals surface area contributed by atoms with Crippen molar-refractivity contribution in [1.29, 1.82) is 0 Å². The van der Waals surface area contributed by atoms with E-state index >= 15 is 0 Å². The number of carbonyl (C=O) groups is 5. The SMILES string of the molecule is CSCC[C@H](NC(=O)[C@@H](Cc1c[nH]c2ccccc12)NC(=O)[C@@H](Cc1ccccc1)NC(=O)[C@H](N)Cc1ccccc1)C(=O)N[C@H](CCCCN)C(N)=O. The van der Waals surface area contributed by atoms with Crippen LogP contribution >= 0.6 is 11.8 Å². The van der Waals surface area contributed by atoms with E-state index in [-0.39, 0.29) is 25.7 Å². The van der Waals surface area contributed by atoms with Crippen molar-refractivity contribution in [1.82, 2.24) is 26.3 Å². The average molecular weight is 757 g/mol. The summed E-state index contributed by atoms with van der Waals surface area (Å²) in [6.45, 7) is 0.436. The Bertz CT molecular complexity index is 1820. The number of H-pyrrole nitrogens is 1. The molecule has 4 rings (SSSR count). The van der Waals surface area contributed by atoms with Crippen LogP contribution in [0.5, 0.6) is 0 Å². The van der Waals surface area contributed by atoms with Crippen LogP contribution in [0.25, 0.3) is 10.9 Å². The number of amides is 5. The lowest BCUT2D eigenvalue weighted by Crippen LogP contribution is -2.59. The van der Waals surface area contributed by atoms with Gasteiger partial charge in [-0.25, -0.2) is 0 Å². The van der Waals surface area contributed by atoms with Gasteiger partial charge in [0.25, 0.3) is 0 Å². The van der Waals surface area contributed by atoms with Crippen LogP contribution in [0, 0.1) is 0 Å². The molecule has 54 heavy (non-hydrogen) atoms. The molecule has 11 N–H and O–H groups in total. The van der Waals surface area contributed by atoms with Crippen LogP contribution in [0.1, 0.15) is 42.4 Å². The summed E-state index contributed by atoms with van der Waals surface area (Å²) in [5.41, 5.74) is 20.8. The number of thioether (sulfide) groups is 1. The van der Waals surface area contributed by atoms with E-state index in [4.69, 9.17) is 17.2 Å². The van der Waals surface area contributed by atoms with Crippen LogP contribution in [-0.2, 0) is 43.2 Å². The highest BCUT2D eigenvalue weighted by Crippen LogP contribution is 2.20. The summed E-state index contributed by atoms with van der Waals surface area (Å²) in [5, 5.41) is 12.1. The number of hydrogen-bond donors (Lipinski definition) is 8. The molecule has 288 valence electrons. The second kappa shape index (κ2) is 21.5. The summed E-state index contributed by atoms with van der Waals surface area (Å²) in [5.74, 6) is -2.45. The van der Waals surface area contributed by atoms with Gasteiger partial charge < -0.3 is 43.5 Å². The van der Waals surface area contributed by atoms with E-state index in [1.165, 1.54) is 11.8 Å². The second-order valence-corrected chi connectivity index (χ2v) is 14.2. The topological polar surface area (TPSA) is 227 Å². The van der Waals surface area contributed by atoms with Gasteiger partial charge in [0.05, 0.1) is 6.04 Å². The maximum absolute atomic E-state index is 14.2. The van der Waals surface area contributed by atoms with Gasteiger partial charge in [-0.3, -0.25) is 24.0 Å². The van der Waals surface area contributed by atoms with E-state index in [0.29, 0.717) is 31.6 Å². The summed E-state index contributed by atoms with van der Waals surface area (Å²) in [6.07, 6.45) is 5.94. The third kappa shape index (κ3) is 12.7. The van der Waals surface area contributed by atoms with Crippen LogP contribution < -0.4 is 38.5 Å². The van der Waals surface area contributed by atoms with Crippen molar-refractivity contribution in [3.05, 3.63) is 108 Å². The summed E-state index contributed by atoms with van der Waals surface area (Å²) >= 11 is 1.49. The zero-order valence-corrected chi connectivity index (χ0v) is 31.4. The first-order valence-electron chi connectivity index (χ1n) is 18.2. The third-order valence-corrected chi connectivity index (χ3v) is 9.78. The molecular weight excluding hydrogens is 705 g/mol. The fourth-order valence-electron chi connectivity index (χ4n) is 6.13. The first kappa shape index (κ1) is 41.6. The minimum atomic E-state index is -1.16. The van der Waals surface area contributed by atoms with E-state index in [2.05, 4.69) is 26.3 Å². The standard InChI is InChI=1S/C40H52N8O5S/c1-54-21-19-33(38(51)45-32(36(43)49)18-10-11-20-41)46-40(53)35(24-28-25-44-31-17-9-8-16-29(28)31)48-39(52)34(23-27-14-6-3-7-15-27)47-37(50)30(42)22-26-12-4-2-5-13-26/h2-9,12-17,25,30,32-35,44H,10-11,18-24,41-42H2,1H3,(H2,43,49)(H,45,51)(H,46,53)(H,47,50)(H,48,52)/t30-,32-,33+,34-,35-/m1/s1. The Hall–Kier alpha value is -5.18. The monoisotopic (exact) mass is 756 g/mol. The lowest BCUT2D eigenvalue weighted by Gasteiger charge is -2.27. The van der Waals surface area contributed by atoms with Crippen LogP contribution in [0.2, 0.25) is 0 Å². The Morgan fingerprint density at radius 3 is 1.81 bits per heavy atom. The first-order valence-corrected chi connectivity index (χ1v) is 19.6. The van der Waals surface area contributed by atoms with Crippen molar-refractivity contribution in [2.45, 2.75) is 75.2 Å². The zero-order chi connectivity index (χ0) is 38.9. The van der Waals surface area contributed by atoms with E-state index in [1.54, 1.807) is 6.20 Å². The van der Waals surface area contributed by atoms with Gasteiger partial charge in [-0.05, 0) is 73.4 Å². The van der Waals surface area contributed by atoms with Gasteiger partial charge in [0.15, 0.2) is 0 Å². The fraction of sp³-hybridized carbons (Fsp3) is 0.375. The van der Waals surface area contributed by atoms with Gasteiger partial charge in [-0.15, -0.1) is 0 Å². The molecule has 3 aromatic carbocycles. The van der Waals surface area contributed by atoms with Gasteiger partial charge in [0.2, 0.25) is 29.5 Å². The molecular formula is C40H52N8O5S. The van der Waals surface area contributed by atoms with E-state index in [9.17, 15) is 24.0 Å². The number of carbonyl (C=O) groups excluding carboxylic acids is 5. The summed E-state index contributed by atoms with van der Waals surface area (Å²) in [4.78, 5) is 70.9. The smallest absolute Gasteiger partial charge is 0.243 e. The molecule has 0 aliphatic carbocycles. The maximum atomic E-state index is 14.2. The van der Waals surface area contributed by atoms with E-state index < -0.39 is 59.7 Å². The van der Waals surface area contributed by atoms with Gasteiger partial charge in [-0.1, -0.05) is 78.9 Å². The predicted molar refractivity (Wildman–Crippen MR) is 213 cm³/mol. The number of fused-ring (bicyclic) bond motifs is 1. The van der Waals surface area contributed by atoms with Crippen LogP contribution in [-0.4, -0.2) is 83.3 Å². The molecule has 5 amide bonds. The van der Waals surface area contributed by atoms with Gasteiger partial charge >= 0.3 is 0 Å². The largest absolute Gasteiger partial charge is 0.368 e. The number of benzene rings is 3. The highest BCUT2D eigenvalue weighted by Gasteiger charge is 2.32. The highest BCUT2D eigenvalue weighted by atomic mass is 32.2. The second-order valence-electron chi connectivity index (χ2n) is 13.3. The molecule has 0 aliphatic heterocycles. The Kier molecular flexibility index (Phi) is 16.6. The lowest BCUT2D eigenvalue weighted by atomic mass is 10.0. The number of nitrogens with two attached hydrogens (primary N) is 3. The van der Waals surface area contributed by atoms with Crippen LogP contribution in [0.15, 0.2) is 91.1 Å². The molecule has 14 heteroatoms. The average Bonchev–Trinajstić information content (AvgIpc) is 3.58. The Morgan fingerprint density at radius 1 is 0.648 bits per heavy atom. The van der Waals surface area contributed by atoms with Gasteiger partial charge in [0.1, 0.15) is 24.2 Å². The minimum absolute atomic E-state index is 0.0704. The highest BCUT2D eigenvalue weighted by molar-refractivity contribution is 7.98. The Labute approximate surface area is 320 Å². The minimum Gasteiger partial charge on any atom is -0.368 e. The zero-order valence-electron chi connectivity index (χ0n) is 30.6. The number of hydrogen-bond acceptors (Lipinski definition) is 8. The van der Waals surface area contributed by atoms with E-state index in [0.717, 1.165) is 27.6 Å². The molecule has 0 fully saturated rings. The number of nitrogens with one attached hydrogen (secondary N) is 5. The third-order valence-electron chi connectivity index (χ3n) is 9.13. The van der Waals surface area contributed by atoms with Crippen molar-refractivity contribution in [3.8, 4) is 0 Å².